The Morgan fingerprint density at radius 2 is 1.94 bits per heavy atom. The Morgan fingerprint density at radius 3 is 2.62 bits per heavy atom. The first-order valence-electron chi connectivity index (χ1n) is 10.2. The number of amides is 2. The van der Waals surface area contributed by atoms with E-state index >= 15 is 0 Å². The molecule has 32 heavy (non-hydrogen) atoms. The smallest absolute Gasteiger partial charge is 0.359 e. The van der Waals surface area contributed by atoms with E-state index in [1.54, 1.807) is 38.1 Å². The van der Waals surface area contributed by atoms with Crippen molar-refractivity contribution in [2.75, 3.05) is 11.9 Å². The molecule has 2 heterocycles. The number of primary amides is 1. The number of nitrogens with zero attached hydrogens (tertiary/aromatic N) is 2. The third kappa shape index (κ3) is 3.89. The summed E-state index contributed by atoms with van der Waals surface area (Å²) in [6, 6.07) is 6.34. The molecule has 0 aliphatic heterocycles. The average Bonchev–Trinajstić information content (AvgIpc) is 3.32. The number of thiophene rings is 1. The van der Waals surface area contributed by atoms with Gasteiger partial charge in [0.15, 0.2) is 12.3 Å². The molecule has 10 heteroatoms. The summed E-state index contributed by atoms with van der Waals surface area (Å²) in [5.41, 5.74) is 6.37. The minimum atomic E-state index is -0.824. The van der Waals surface area contributed by atoms with Gasteiger partial charge in [0.2, 0.25) is 0 Å². The van der Waals surface area contributed by atoms with Crippen molar-refractivity contribution in [3.8, 4) is 0 Å². The SMILES string of the molecule is CC(C)n1nc(C(=O)OCC(=O)Nc2sc3c(c2C(N)=O)CCC3)c2ccccc2c1=O. The predicted molar refractivity (Wildman–Crippen MR) is 120 cm³/mol. The van der Waals surface area contributed by atoms with Gasteiger partial charge in [0.25, 0.3) is 17.4 Å². The third-order valence-electron chi connectivity index (χ3n) is 5.27. The summed E-state index contributed by atoms with van der Waals surface area (Å²) in [6.07, 6.45) is 2.54. The van der Waals surface area contributed by atoms with Crippen molar-refractivity contribution in [1.82, 2.24) is 9.78 Å². The van der Waals surface area contributed by atoms with Crippen molar-refractivity contribution in [3.05, 3.63) is 56.3 Å². The number of rotatable bonds is 6. The minimum absolute atomic E-state index is 0.0466. The molecule has 166 valence electrons. The van der Waals surface area contributed by atoms with Crippen LogP contribution in [0.15, 0.2) is 29.1 Å². The van der Waals surface area contributed by atoms with Crippen LogP contribution in [0.1, 0.15) is 57.6 Å². The molecule has 3 aromatic rings. The Labute approximate surface area is 187 Å². The monoisotopic (exact) mass is 454 g/mol. The average molecular weight is 455 g/mol. The fourth-order valence-electron chi connectivity index (χ4n) is 3.82. The highest BCUT2D eigenvalue weighted by Gasteiger charge is 2.26. The largest absolute Gasteiger partial charge is 0.451 e. The van der Waals surface area contributed by atoms with Gasteiger partial charge in [0, 0.05) is 10.3 Å². The van der Waals surface area contributed by atoms with Crippen molar-refractivity contribution in [3.63, 3.8) is 0 Å². The van der Waals surface area contributed by atoms with Crippen molar-refractivity contribution < 1.29 is 19.1 Å². The molecule has 1 aliphatic carbocycles. The first kappa shape index (κ1) is 21.7. The Hall–Kier alpha value is -3.53. The number of esters is 1. The van der Waals surface area contributed by atoms with Crippen LogP contribution in [0.25, 0.3) is 10.8 Å². The van der Waals surface area contributed by atoms with Crippen LogP contribution in [-0.2, 0) is 22.4 Å². The number of ether oxygens (including phenoxy) is 1. The summed E-state index contributed by atoms with van der Waals surface area (Å²) < 4.78 is 6.40. The fourth-order valence-corrected chi connectivity index (χ4v) is 5.13. The molecule has 0 radical (unpaired) electrons. The zero-order valence-corrected chi connectivity index (χ0v) is 18.5. The quantitative estimate of drug-likeness (QED) is 0.550. The van der Waals surface area contributed by atoms with Gasteiger partial charge in [-0.3, -0.25) is 14.4 Å². The number of hydrogen-bond acceptors (Lipinski definition) is 7. The Balaban J connectivity index is 1.53. The zero-order chi connectivity index (χ0) is 23.0. The van der Waals surface area contributed by atoms with E-state index in [9.17, 15) is 19.2 Å². The van der Waals surface area contributed by atoms with Crippen LogP contribution in [0.2, 0.25) is 0 Å². The van der Waals surface area contributed by atoms with E-state index in [4.69, 9.17) is 10.5 Å². The zero-order valence-electron chi connectivity index (χ0n) is 17.6. The number of fused-ring (bicyclic) bond motifs is 2. The van der Waals surface area contributed by atoms with Gasteiger partial charge in [-0.2, -0.15) is 5.10 Å². The van der Waals surface area contributed by atoms with Gasteiger partial charge in [-0.25, -0.2) is 9.48 Å². The van der Waals surface area contributed by atoms with E-state index in [2.05, 4.69) is 10.4 Å². The van der Waals surface area contributed by atoms with Crippen LogP contribution in [0.4, 0.5) is 5.00 Å². The number of nitrogens with two attached hydrogens (primary N) is 1. The maximum atomic E-state index is 12.7. The van der Waals surface area contributed by atoms with Crippen LogP contribution in [-0.4, -0.2) is 34.2 Å². The highest BCUT2D eigenvalue weighted by molar-refractivity contribution is 7.17. The summed E-state index contributed by atoms with van der Waals surface area (Å²) in [7, 11) is 0. The Morgan fingerprint density at radius 1 is 1.22 bits per heavy atom. The molecule has 9 nitrogen and oxygen atoms in total. The molecule has 2 amide bonds. The second-order valence-corrected chi connectivity index (χ2v) is 8.89. The van der Waals surface area contributed by atoms with Crippen molar-refractivity contribution in [2.45, 2.75) is 39.2 Å². The highest BCUT2D eigenvalue weighted by Crippen LogP contribution is 2.38. The highest BCUT2D eigenvalue weighted by atomic mass is 32.1. The second kappa shape index (κ2) is 8.54. The Bertz CT molecular complexity index is 1310. The van der Waals surface area contributed by atoms with Gasteiger partial charge in [-0.15, -0.1) is 11.3 Å². The lowest BCUT2D eigenvalue weighted by atomic mass is 10.1. The molecule has 0 saturated carbocycles. The van der Waals surface area contributed by atoms with E-state index in [1.165, 1.54) is 16.0 Å². The van der Waals surface area contributed by atoms with E-state index in [-0.39, 0.29) is 17.3 Å². The molecule has 1 aliphatic rings. The van der Waals surface area contributed by atoms with E-state index in [0.29, 0.717) is 21.3 Å². The first-order chi connectivity index (χ1) is 15.3. The lowest BCUT2D eigenvalue weighted by molar-refractivity contribution is -0.119. The topological polar surface area (TPSA) is 133 Å². The summed E-state index contributed by atoms with van der Waals surface area (Å²) >= 11 is 1.32. The molecular weight excluding hydrogens is 432 g/mol. The normalized spacial score (nSPS) is 12.7. The predicted octanol–water partition coefficient (Wildman–Crippen LogP) is 2.42. The number of aryl methyl sites for hydroxylation is 1. The number of benzene rings is 1. The molecule has 0 fully saturated rings. The molecule has 3 N–H and O–H groups in total. The molecule has 0 atom stereocenters. The summed E-state index contributed by atoms with van der Waals surface area (Å²) in [5, 5.41) is 7.87. The Kier molecular flexibility index (Phi) is 5.79. The number of anilines is 1. The molecule has 1 aromatic carbocycles. The van der Waals surface area contributed by atoms with Gasteiger partial charge in [-0.1, -0.05) is 18.2 Å². The summed E-state index contributed by atoms with van der Waals surface area (Å²) in [4.78, 5) is 50.7. The number of aromatic nitrogens is 2. The molecule has 0 spiro atoms. The molecule has 4 rings (SSSR count). The number of carbonyl (C=O) groups is 3. The number of carbonyl (C=O) groups excluding carboxylic acids is 3. The maximum Gasteiger partial charge on any atom is 0.359 e. The van der Waals surface area contributed by atoms with Gasteiger partial charge in [0.05, 0.1) is 17.0 Å². The first-order valence-corrected chi connectivity index (χ1v) is 11.0. The van der Waals surface area contributed by atoms with Crippen LogP contribution in [0.5, 0.6) is 0 Å². The van der Waals surface area contributed by atoms with Crippen LogP contribution in [0.3, 0.4) is 0 Å². The lowest BCUT2D eigenvalue weighted by Crippen LogP contribution is -2.29. The van der Waals surface area contributed by atoms with Crippen LogP contribution >= 0.6 is 11.3 Å². The minimum Gasteiger partial charge on any atom is -0.451 e. The van der Waals surface area contributed by atoms with E-state index < -0.39 is 24.4 Å². The van der Waals surface area contributed by atoms with Crippen LogP contribution in [0, 0.1) is 0 Å². The van der Waals surface area contributed by atoms with Gasteiger partial charge >= 0.3 is 5.97 Å². The van der Waals surface area contributed by atoms with Crippen molar-refractivity contribution in [1.29, 1.82) is 0 Å². The summed E-state index contributed by atoms with van der Waals surface area (Å²) in [6.45, 7) is 2.98. The third-order valence-corrected chi connectivity index (χ3v) is 6.47. The van der Waals surface area contributed by atoms with Crippen molar-refractivity contribution >= 4 is 44.9 Å². The second-order valence-electron chi connectivity index (χ2n) is 7.79. The lowest BCUT2D eigenvalue weighted by Gasteiger charge is -2.13. The fraction of sp³-hybridized carbons (Fsp3) is 0.318. The van der Waals surface area contributed by atoms with Crippen LogP contribution < -0.4 is 16.6 Å². The standard InChI is InChI=1S/C22H22N4O5S/c1-11(2)26-21(29)13-7-4-3-6-12(13)18(25-26)22(30)31-10-16(27)24-20-17(19(23)28)14-8-5-9-15(14)32-20/h3-4,6-7,11H,5,8-10H2,1-2H3,(H2,23,28)(H,24,27). The number of hydrogen-bond donors (Lipinski definition) is 2. The van der Waals surface area contributed by atoms with Gasteiger partial charge in [-0.05, 0) is 44.7 Å². The maximum absolute atomic E-state index is 12.7. The van der Waals surface area contributed by atoms with E-state index in [0.717, 1.165) is 29.7 Å². The molecular formula is C22H22N4O5S. The van der Waals surface area contributed by atoms with E-state index in [1.807, 2.05) is 0 Å². The number of nitrogens with one attached hydrogen (secondary N) is 1. The summed E-state index contributed by atoms with van der Waals surface area (Å²) in [5.74, 6) is -2.01. The molecule has 0 bridgehead atoms. The molecule has 0 unspecified atom stereocenters. The van der Waals surface area contributed by atoms with Crippen molar-refractivity contribution in [2.24, 2.45) is 5.73 Å². The molecule has 0 saturated heterocycles. The van der Waals surface area contributed by atoms with Gasteiger partial charge < -0.3 is 15.8 Å². The molecule has 2 aromatic heterocycles. The van der Waals surface area contributed by atoms with Gasteiger partial charge in [0.1, 0.15) is 5.00 Å².